The molecular formula is C20H32O7S. The van der Waals surface area contributed by atoms with Crippen LogP contribution in [0.5, 0.6) is 0 Å². The van der Waals surface area contributed by atoms with Crippen LogP contribution in [-0.4, -0.2) is 41.4 Å². The highest BCUT2D eigenvalue weighted by atomic mass is 32.2. The molecule has 0 saturated heterocycles. The summed E-state index contributed by atoms with van der Waals surface area (Å²) < 4.78 is 37.9. The number of carboxylic acid groups (broad SMARTS) is 1. The van der Waals surface area contributed by atoms with Gasteiger partial charge in [0.1, 0.15) is 6.10 Å². The Morgan fingerprint density at radius 3 is 2.39 bits per heavy atom. The quantitative estimate of drug-likeness (QED) is 0.367. The average molecular weight is 417 g/mol. The summed E-state index contributed by atoms with van der Waals surface area (Å²) in [5.74, 6) is -2.43. The Bertz CT molecular complexity index is 695. The molecule has 0 spiro atoms. The number of carbonyl (C=O) groups excluding carboxylic acids is 1. The van der Waals surface area contributed by atoms with Crippen molar-refractivity contribution >= 4 is 22.1 Å². The first-order chi connectivity index (χ1) is 13.0. The molecule has 7 nitrogen and oxygen atoms in total. The molecule has 0 amide bonds. The van der Waals surface area contributed by atoms with Gasteiger partial charge in [-0.25, -0.2) is 0 Å². The molecule has 0 aliphatic heterocycles. The van der Waals surface area contributed by atoms with E-state index in [2.05, 4.69) is 13.8 Å². The van der Waals surface area contributed by atoms with Crippen molar-refractivity contribution in [3.63, 3.8) is 0 Å². The highest BCUT2D eigenvalue weighted by Crippen LogP contribution is 2.38. The highest BCUT2D eigenvalue weighted by molar-refractivity contribution is 7.87. The topological polar surface area (TPSA) is 118 Å². The minimum Gasteiger partial charge on any atom is -0.481 e. The van der Waals surface area contributed by atoms with Gasteiger partial charge in [-0.15, -0.1) is 0 Å². The number of hydrogen-bond donors (Lipinski definition) is 2. The molecule has 1 aliphatic rings. The van der Waals surface area contributed by atoms with Crippen LogP contribution in [0.25, 0.3) is 0 Å². The number of esters is 1. The van der Waals surface area contributed by atoms with Crippen molar-refractivity contribution in [3.05, 3.63) is 24.3 Å². The Morgan fingerprint density at radius 2 is 1.93 bits per heavy atom. The van der Waals surface area contributed by atoms with Gasteiger partial charge in [0.2, 0.25) is 0 Å². The van der Waals surface area contributed by atoms with Crippen LogP contribution >= 0.6 is 0 Å². The van der Waals surface area contributed by atoms with E-state index in [-0.39, 0.29) is 5.92 Å². The van der Waals surface area contributed by atoms with Crippen molar-refractivity contribution in [1.82, 2.24) is 0 Å². The molecule has 4 unspecified atom stereocenters. The van der Waals surface area contributed by atoms with Crippen molar-refractivity contribution in [2.75, 3.05) is 0 Å². The second-order valence-electron chi connectivity index (χ2n) is 7.68. The second-order valence-corrected chi connectivity index (χ2v) is 9.28. The molecule has 0 heterocycles. The first-order valence-electron chi connectivity index (χ1n) is 9.76. The molecule has 1 rings (SSSR count). The zero-order valence-corrected chi connectivity index (χ0v) is 17.7. The maximum atomic E-state index is 12.5. The van der Waals surface area contributed by atoms with E-state index in [4.69, 9.17) is 9.84 Å². The van der Waals surface area contributed by atoms with Gasteiger partial charge in [0.05, 0.1) is 6.42 Å². The fourth-order valence-corrected chi connectivity index (χ4v) is 4.06. The number of hydrogen-bond acceptors (Lipinski definition) is 5. The van der Waals surface area contributed by atoms with Crippen LogP contribution in [0.2, 0.25) is 0 Å². The van der Waals surface area contributed by atoms with Crippen molar-refractivity contribution in [2.45, 2.75) is 77.1 Å². The SMILES string of the molecule is CCCCC(CC)CC(OC(=O)C(CC(=O)O)S(=O)(=O)O)C1(C)C=CC=CC1. The summed E-state index contributed by atoms with van der Waals surface area (Å²) in [5.41, 5.74) is -0.531. The van der Waals surface area contributed by atoms with Gasteiger partial charge in [0.25, 0.3) is 10.1 Å². The molecule has 28 heavy (non-hydrogen) atoms. The first-order valence-corrected chi connectivity index (χ1v) is 11.3. The van der Waals surface area contributed by atoms with Gasteiger partial charge >= 0.3 is 11.9 Å². The highest BCUT2D eigenvalue weighted by Gasteiger charge is 2.41. The number of carboxylic acids is 1. The van der Waals surface area contributed by atoms with Crippen LogP contribution in [0, 0.1) is 11.3 Å². The van der Waals surface area contributed by atoms with Gasteiger partial charge in [-0.1, -0.05) is 70.8 Å². The second kappa shape index (κ2) is 10.8. The van der Waals surface area contributed by atoms with Crippen LogP contribution in [0.4, 0.5) is 0 Å². The van der Waals surface area contributed by atoms with Gasteiger partial charge in [-0.05, 0) is 18.8 Å². The Labute approximate surface area is 167 Å². The first kappa shape index (κ1) is 24.4. The third-order valence-corrected chi connectivity index (χ3v) is 6.43. The number of ether oxygens (including phenoxy) is 1. The molecule has 0 saturated carbocycles. The smallest absolute Gasteiger partial charge is 0.327 e. The predicted octanol–water partition coefficient (Wildman–Crippen LogP) is 3.76. The molecule has 1 aliphatic carbocycles. The Balaban J connectivity index is 3.09. The lowest BCUT2D eigenvalue weighted by Crippen LogP contribution is -2.42. The molecule has 0 aromatic carbocycles. The predicted molar refractivity (Wildman–Crippen MR) is 106 cm³/mol. The molecule has 8 heteroatoms. The Morgan fingerprint density at radius 1 is 1.25 bits per heavy atom. The zero-order chi connectivity index (χ0) is 21.4. The van der Waals surface area contributed by atoms with Gasteiger partial charge in [-0.3, -0.25) is 14.1 Å². The summed E-state index contributed by atoms with van der Waals surface area (Å²) >= 11 is 0. The summed E-state index contributed by atoms with van der Waals surface area (Å²) in [5, 5.41) is 6.78. The summed E-state index contributed by atoms with van der Waals surface area (Å²) in [6.45, 7) is 6.09. The van der Waals surface area contributed by atoms with Crippen LogP contribution in [0.15, 0.2) is 24.3 Å². The summed E-state index contributed by atoms with van der Waals surface area (Å²) in [7, 11) is -4.89. The number of carbonyl (C=O) groups is 2. The lowest BCUT2D eigenvalue weighted by Gasteiger charge is -2.37. The number of allylic oxidation sites excluding steroid dienone is 3. The largest absolute Gasteiger partial charge is 0.481 e. The van der Waals surface area contributed by atoms with Crippen LogP contribution in [0.1, 0.15) is 65.7 Å². The van der Waals surface area contributed by atoms with Gasteiger partial charge < -0.3 is 9.84 Å². The summed E-state index contributed by atoms with van der Waals surface area (Å²) in [6, 6.07) is 0. The van der Waals surface area contributed by atoms with E-state index in [0.717, 1.165) is 25.7 Å². The van der Waals surface area contributed by atoms with E-state index in [1.54, 1.807) is 0 Å². The van der Waals surface area contributed by atoms with Crippen LogP contribution in [0.3, 0.4) is 0 Å². The van der Waals surface area contributed by atoms with E-state index in [1.807, 2.05) is 31.2 Å². The van der Waals surface area contributed by atoms with E-state index in [1.165, 1.54) is 0 Å². The molecule has 4 atom stereocenters. The molecule has 0 fully saturated rings. The fraction of sp³-hybridized carbons (Fsp3) is 0.700. The number of aliphatic carboxylic acids is 1. The summed E-state index contributed by atoms with van der Waals surface area (Å²) in [6.07, 6.45) is 11.1. The third kappa shape index (κ3) is 7.39. The van der Waals surface area contributed by atoms with E-state index in [0.29, 0.717) is 12.8 Å². The normalized spacial score (nSPS) is 22.4. The Kier molecular flexibility index (Phi) is 9.36. The van der Waals surface area contributed by atoms with Crippen molar-refractivity contribution in [1.29, 1.82) is 0 Å². The number of rotatable bonds is 12. The van der Waals surface area contributed by atoms with E-state index < -0.39 is 45.2 Å². The monoisotopic (exact) mass is 416 g/mol. The molecule has 0 bridgehead atoms. The Hall–Kier alpha value is -1.67. The maximum absolute atomic E-state index is 12.5. The molecular weight excluding hydrogens is 384 g/mol. The van der Waals surface area contributed by atoms with E-state index >= 15 is 0 Å². The zero-order valence-electron chi connectivity index (χ0n) is 16.8. The molecule has 160 valence electrons. The van der Waals surface area contributed by atoms with Crippen molar-refractivity contribution in [3.8, 4) is 0 Å². The van der Waals surface area contributed by atoms with Gasteiger partial charge in [-0.2, -0.15) is 8.42 Å². The van der Waals surface area contributed by atoms with Crippen molar-refractivity contribution < 1.29 is 32.4 Å². The molecule has 2 N–H and O–H groups in total. The van der Waals surface area contributed by atoms with E-state index in [9.17, 15) is 22.6 Å². The lowest BCUT2D eigenvalue weighted by atomic mass is 9.74. The van der Waals surface area contributed by atoms with Crippen molar-refractivity contribution in [2.24, 2.45) is 11.3 Å². The van der Waals surface area contributed by atoms with Crippen LogP contribution in [-0.2, 0) is 24.4 Å². The molecule has 0 aromatic heterocycles. The number of unbranched alkanes of at least 4 members (excludes halogenated alkanes) is 1. The molecule has 0 aromatic rings. The molecule has 0 radical (unpaired) electrons. The fourth-order valence-electron chi connectivity index (χ4n) is 3.40. The minimum absolute atomic E-state index is 0.289. The average Bonchev–Trinajstić information content (AvgIpc) is 2.61. The maximum Gasteiger partial charge on any atom is 0.327 e. The standard InChI is InChI=1S/C20H32O7S/c1-4-6-10-15(5-2)13-17(20(3)11-8-7-9-12-20)27-19(23)16(14-18(21)22)28(24,25)26/h7-9,11,15-17H,4-6,10,12-14H2,1-3H3,(H,21,22)(H,24,25,26). The summed E-state index contributed by atoms with van der Waals surface area (Å²) in [4.78, 5) is 23.5. The third-order valence-electron chi connectivity index (χ3n) is 5.35. The minimum atomic E-state index is -4.89. The lowest BCUT2D eigenvalue weighted by molar-refractivity contribution is -0.157. The van der Waals surface area contributed by atoms with Crippen LogP contribution < -0.4 is 0 Å². The van der Waals surface area contributed by atoms with Gasteiger partial charge in [0.15, 0.2) is 5.25 Å². The van der Waals surface area contributed by atoms with Gasteiger partial charge in [0, 0.05) is 5.41 Å².